The number of rotatable bonds is 7. The van der Waals surface area contributed by atoms with E-state index in [0.29, 0.717) is 43.9 Å². The first-order valence-electron chi connectivity index (χ1n) is 13.3. The van der Waals surface area contributed by atoms with Crippen LogP contribution in [0.25, 0.3) is 0 Å². The molecule has 10 heteroatoms. The van der Waals surface area contributed by atoms with E-state index in [1.165, 1.54) is 10.6 Å². The smallest absolute Gasteiger partial charge is 0.237 e. The summed E-state index contributed by atoms with van der Waals surface area (Å²) in [6.07, 6.45) is 2.53. The summed E-state index contributed by atoms with van der Waals surface area (Å²) in [6, 6.07) is 13.7. The largest absolute Gasteiger partial charge is 0.508 e. The predicted octanol–water partition coefficient (Wildman–Crippen LogP) is 3.27. The quantitative estimate of drug-likeness (QED) is 0.401. The molecule has 2 aliphatic heterocycles. The molecular formula is C30H35N3O6S. The monoisotopic (exact) mass is 565 g/mol. The highest BCUT2D eigenvalue weighted by molar-refractivity contribution is 7.92. The van der Waals surface area contributed by atoms with Crippen molar-refractivity contribution in [3.8, 4) is 17.2 Å². The summed E-state index contributed by atoms with van der Waals surface area (Å²) in [5.41, 5.74) is 12.3. The summed E-state index contributed by atoms with van der Waals surface area (Å²) < 4.78 is 37.9. The van der Waals surface area contributed by atoms with Crippen molar-refractivity contribution in [2.75, 3.05) is 30.3 Å². The van der Waals surface area contributed by atoms with E-state index in [1.54, 1.807) is 12.1 Å². The minimum absolute atomic E-state index is 0.179. The molecule has 3 aromatic carbocycles. The summed E-state index contributed by atoms with van der Waals surface area (Å²) in [5, 5.41) is 12.9. The molecule has 4 N–H and O–H groups in total. The van der Waals surface area contributed by atoms with Gasteiger partial charge in [0.1, 0.15) is 19.0 Å². The molecular weight excluding hydrogens is 530 g/mol. The lowest BCUT2D eigenvalue weighted by atomic mass is 9.92. The van der Waals surface area contributed by atoms with Gasteiger partial charge in [-0.05, 0) is 96.8 Å². The molecule has 0 radical (unpaired) electrons. The molecule has 1 amide bonds. The van der Waals surface area contributed by atoms with Crippen LogP contribution in [0.3, 0.4) is 0 Å². The number of aromatic hydroxyl groups is 1. The van der Waals surface area contributed by atoms with E-state index < -0.39 is 22.1 Å². The van der Waals surface area contributed by atoms with Gasteiger partial charge in [0.25, 0.3) is 0 Å². The molecule has 40 heavy (non-hydrogen) atoms. The van der Waals surface area contributed by atoms with Crippen LogP contribution in [0.5, 0.6) is 17.2 Å². The van der Waals surface area contributed by atoms with E-state index in [9.17, 15) is 18.3 Å². The highest BCUT2D eigenvalue weighted by Gasteiger charge is 2.32. The molecule has 2 heterocycles. The third-order valence-corrected chi connectivity index (χ3v) is 8.71. The van der Waals surface area contributed by atoms with Crippen LogP contribution in [-0.2, 0) is 27.7 Å². The Bertz CT molecular complexity index is 1530. The van der Waals surface area contributed by atoms with Crippen LogP contribution in [0.1, 0.15) is 45.8 Å². The van der Waals surface area contributed by atoms with Gasteiger partial charge in [-0.15, -0.1) is 0 Å². The molecule has 212 valence electrons. The van der Waals surface area contributed by atoms with E-state index in [0.717, 1.165) is 39.1 Å². The SMILES string of the molecule is Cc1cc(O)cc(C)c1C[C@H](N)C(=O)N[C@@H]1CCN(S(C)(=O)=O)c2ccc(Cc3ccc4c(c3)OCCO4)cc21. The molecule has 0 spiro atoms. The zero-order valence-electron chi connectivity index (χ0n) is 22.9. The summed E-state index contributed by atoms with van der Waals surface area (Å²) in [7, 11) is -3.50. The number of nitrogens with two attached hydrogens (primary N) is 1. The number of nitrogens with one attached hydrogen (secondary N) is 1. The number of hydrogen-bond donors (Lipinski definition) is 3. The van der Waals surface area contributed by atoms with E-state index >= 15 is 0 Å². The molecule has 0 saturated carbocycles. The van der Waals surface area contributed by atoms with E-state index in [2.05, 4.69) is 5.32 Å². The van der Waals surface area contributed by atoms with Crippen molar-refractivity contribution in [3.63, 3.8) is 0 Å². The van der Waals surface area contributed by atoms with E-state index in [-0.39, 0.29) is 18.2 Å². The maximum Gasteiger partial charge on any atom is 0.237 e. The average molecular weight is 566 g/mol. The molecule has 5 rings (SSSR count). The van der Waals surface area contributed by atoms with Crippen LogP contribution in [0, 0.1) is 13.8 Å². The van der Waals surface area contributed by atoms with E-state index in [4.69, 9.17) is 15.2 Å². The minimum atomic E-state index is -3.50. The molecule has 3 aromatic rings. The summed E-state index contributed by atoms with van der Waals surface area (Å²) >= 11 is 0. The van der Waals surface area contributed by atoms with Gasteiger partial charge in [0.15, 0.2) is 11.5 Å². The van der Waals surface area contributed by atoms with Gasteiger partial charge < -0.3 is 25.6 Å². The summed E-state index contributed by atoms with van der Waals surface area (Å²) in [5.74, 6) is 1.30. The van der Waals surface area contributed by atoms with Crippen molar-refractivity contribution in [2.45, 2.75) is 45.2 Å². The normalized spacial score (nSPS) is 17.2. The number of anilines is 1. The summed E-state index contributed by atoms with van der Waals surface area (Å²) in [6.45, 7) is 5.05. The van der Waals surface area contributed by atoms with Gasteiger partial charge in [-0.25, -0.2) is 8.42 Å². The van der Waals surface area contributed by atoms with Gasteiger partial charge in [0, 0.05) is 6.54 Å². The first-order valence-corrected chi connectivity index (χ1v) is 15.2. The molecule has 0 bridgehead atoms. The lowest BCUT2D eigenvalue weighted by Crippen LogP contribution is -2.46. The summed E-state index contributed by atoms with van der Waals surface area (Å²) in [4.78, 5) is 13.3. The van der Waals surface area contributed by atoms with Gasteiger partial charge in [0.05, 0.1) is 24.0 Å². The van der Waals surface area contributed by atoms with Crippen molar-refractivity contribution >= 4 is 21.6 Å². The van der Waals surface area contributed by atoms with Gasteiger partial charge in [-0.3, -0.25) is 9.10 Å². The predicted molar refractivity (Wildman–Crippen MR) is 154 cm³/mol. The van der Waals surface area contributed by atoms with Crippen molar-refractivity contribution in [3.05, 3.63) is 81.9 Å². The number of benzene rings is 3. The highest BCUT2D eigenvalue weighted by Crippen LogP contribution is 2.37. The number of fused-ring (bicyclic) bond motifs is 2. The second-order valence-electron chi connectivity index (χ2n) is 10.6. The Morgan fingerprint density at radius 2 is 1.70 bits per heavy atom. The lowest BCUT2D eigenvalue weighted by molar-refractivity contribution is -0.123. The van der Waals surface area contributed by atoms with E-state index in [1.807, 2.05) is 50.2 Å². The maximum atomic E-state index is 13.3. The molecule has 0 fully saturated rings. The molecule has 2 atom stereocenters. The Labute approximate surface area is 235 Å². The highest BCUT2D eigenvalue weighted by atomic mass is 32.2. The molecule has 9 nitrogen and oxygen atoms in total. The van der Waals surface area contributed by atoms with Crippen LogP contribution in [0.15, 0.2) is 48.5 Å². The first-order chi connectivity index (χ1) is 19.0. The molecule has 0 unspecified atom stereocenters. The number of amides is 1. The molecule has 0 saturated heterocycles. The maximum absolute atomic E-state index is 13.3. The number of carbonyl (C=O) groups excluding carboxylic acids is 1. The minimum Gasteiger partial charge on any atom is -0.508 e. The fourth-order valence-corrected chi connectivity index (χ4v) is 6.51. The van der Waals surface area contributed by atoms with Gasteiger partial charge in [-0.1, -0.05) is 18.2 Å². The Kier molecular flexibility index (Phi) is 7.65. The average Bonchev–Trinajstić information content (AvgIpc) is 2.90. The zero-order chi connectivity index (χ0) is 28.6. The number of nitrogens with zero attached hydrogens (tertiary/aromatic N) is 1. The third kappa shape index (κ3) is 5.88. The van der Waals surface area contributed by atoms with Crippen LogP contribution in [-0.4, -0.2) is 51.5 Å². The number of ether oxygens (including phenoxy) is 2. The Morgan fingerprint density at radius 1 is 1.05 bits per heavy atom. The Hall–Kier alpha value is -3.76. The van der Waals surface area contributed by atoms with Crippen LogP contribution in [0.2, 0.25) is 0 Å². The van der Waals surface area contributed by atoms with Gasteiger partial charge in [0.2, 0.25) is 15.9 Å². The Balaban J connectivity index is 1.39. The molecule has 0 aliphatic carbocycles. The van der Waals surface area contributed by atoms with Crippen molar-refractivity contribution in [2.24, 2.45) is 5.73 Å². The van der Waals surface area contributed by atoms with Crippen LogP contribution >= 0.6 is 0 Å². The fourth-order valence-electron chi connectivity index (χ4n) is 5.55. The van der Waals surface area contributed by atoms with Crippen molar-refractivity contribution in [1.29, 1.82) is 0 Å². The van der Waals surface area contributed by atoms with Gasteiger partial charge >= 0.3 is 0 Å². The van der Waals surface area contributed by atoms with Gasteiger partial charge in [-0.2, -0.15) is 0 Å². The lowest BCUT2D eigenvalue weighted by Gasteiger charge is -2.35. The van der Waals surface area contributed by atoms with Crippen LogP contribution in [0.4, 0.5) is 5.69 Å². The van der Waals surface area contributed by atoms with Crippen molar-refractivity contribution in [1.82, 2.24) is 5.32 Å². The number of sulfonamides is 1. The number of carbonyl (C=O) groups is 1. The Morgan fingerprint density at radius 3 is 2.40 bits per heavy atom. The molecule has 0 aromatic heterocycles. The number of phenols is 1. The zero-order valence-corrected chi connectivity index (χ0v) is 23.8. The fraction of sp³-hybridized carbons (Fsp3) is 0.367. The number of aryl methyl sites for hydroxylation is 2. The topological polar surface area (TPSA) is 131 Å². The first kappa shape index (κ1) is 27.8. The third-order valence-electron chi connectivity index (χ3n) is 7.53. The second-order valence-corrected chi connectivity index (χ2v) is 12.5. The second kappa shape index (κ2) is 11.0. The van der Waals surface area contributed by atoms with Crippen molar-refractivity contribution < 1.29 is 27.8 Å². The molecule has 2 aliphatic rings. The number of phenolic OH excluding ortho intramolecular Hbond substituents is 1. The number of hydrogen-bond acceptors (Lipinski definition) is 7. The standard InChI is InChI=1S/C30H35N3O6S/c1-18-12-22(34)13-19(2)23(18)17-25(31)30(35)32-26-8-9-33(40(3,36)37)27-6-4-20(15-24(26)27)14-21-5-7-28-29(16-21)39-11-10-38-28/h4-7,12-13,15-16,25-26,34H,8-11,14,17,31H2,1-3H3,(H,32,35)/t25-,26+/m0/s1. The van der Waals surface area contributed by atoms with Crippen LogP contribution < -0.4 is 24.8 Å².